The predicted octanol–water partition coefficient (Wildman–Crippen LogP) is 4.12. The number of hydrogen-bond acceptors (Lipinski definition) is 3. The lowest BCUT2D eigenvalue weighted by molar-refractivity contribution is -0.133. The molecule has 0 bridgehead atoms. The molecule has 2 aromatic rings. The molecule has 4 nitrogen and oxygen atoms in total. The summed E-state index contributed by atoms with van der Waals surface area (Å²) in [4.78, 5) is 17.7. The lowest BCUT2D eigenvalue weighted by atomic mass is 9.94. The fourth-order valence-electron chi connectivity index (χ4n) is 3.99. The van der Waals surface area contributed by atoms with Crippen molar-refractivity contribution in [2.75, 3.05) is 38.2 Å². The maximum absolute atomic E-state index is 13.3. The average Bonchev–Trinajstić information content (AvgIpc) is 3.53. The highest BCUT2D eigenvalue weighted by molar-refractivity contribution is 6.30. The molecule has 1 aliphatic heterocycles. The molecule has 1 amide bonds. The Hall–Kier alpha value is -2.20. The van der Waals surface area contributed by atoms with Gasteiger partial charge < -0.3 is 14.5 Å². The first-order valence-corrected chi connectivity index (χ1v) is 9.95. The molecule has 0 unspecified atom stereocenters. The van der Waals surface area contributed by atoms with Gasteiger partial charge in [0.25, 0.3) is 0 Å². The fraction of sp³-hybridized carbons (Fsp3) is 0.409. The third-order valence-electron chi connectivity index (χ3n) is 5.78. The zero-order chi connectivity index (χ0) is 18.9. The van der Waals surface area contributed by atoms with Crippen LogP contribution in [0, 0.1) is 0 Å². The molecule has 1 saturated heterocycles. The van der Waals surface area contributed by atoms with Crippen molar-refractivity contribution in [3.8, 4) is 5.75 Å². The third-order valence-corrected chi connectivity index (χ3v) is 6.03. The number of carbonyl (C=O) groups is 1. The van der Waals surface area contributed by atoms with Gasteiger partial charge in [-0.15, -0.1) is 0 Å². The lowest BCUT2D eigenvalue weighted by Gasteiger charge is -2.27. The van der Waals surface area contributed by atoms with Crippen LogP contribution < -0.4 is 9.64 Å². The monoisotopic (exact) mass is 384 g/mol. The van der Waals surface area contributed by atoms with E-state index in [2.05, 4.69) is 21.9 Å². The van der Waals surface area contributed by atoms with E-state index in [1.807, 2.05) is 36.4 Å². The van der Waals surface area contributed by atoms with Crippen molar-refractivity contribution >= 4 is 23.2 Å². The van der Waals surface area contributed by atoms with Crippen LogP contribution >= 0.6 is 11.6 Å². The second-order valence-electron chi connectivity index (χ2n) is 7.42. The van der Waals surface area contributed by atoms with E-state index in [4.69, 9.17) is 16.3 Å². The standard InChI is InChI=1S/C22H25ClN2O2/c1-27-20-9-7-19(8-10-20)24-13-2-14-25(16-15-24)21(26)22(11-12-22)17-3-5-18(23)6-4-17/h3-10H,2,11-16H2,1H3. The molecule has 2 aliphatic rings. The minimum absolute atomic E-state index is 0.279. The number of methoxy groups -OCH3 is 1. The zero-order valence-corrected chi connectivity index (χ0v) is 16.4. The Labute approximate surface area is 165 Å². The SMILES string of the molecule is COc1ccc(N2CCCN(C(=O)C3(c4ccc(Cl)cc4)CC3)CC2)cc1. The van der Waals surface area contributed by atoms with Crippen molar-refractivity contribution < 1.29 is 9.53 Å². The van der Waals surface area contributed by atoms with Crippen LogP contribution in [0.2, 0.25) is 5.02 Å². The van der Waals surface area contributed by atoms with Gasteiger partial charge in [0.1, 0.15) is 5.75 Å². The van der Waals surface area contributed by atoms with Gasteiger partial charge in [0.2, 0.25) is 5.91 Å². The quantitative estimate of drug-likeness (QED) is 0.794. The molecule has 1 heterocycles. The topological polar surface area (TPSA) is 32.8 Å². The normalized spacial score (nSPS) is 18.7. The summed E-state index contributed by atoms with van der Waals surface area (Å²) in [7, 11) is 1.68. The minimum atomic E-state index is -0.320. The number of amides is 1. The summed E-state index contributed by atoms with van der Waals surface area (Å²) in [5, 5.41) is 0.715. The second-order valence-corrected chi connectivity index (χ2v) is 7.86. The molecule has 1 saturated carbocycles. The van der Waals surface area contributed by atoms with Crippen molar-refractivity contribution in [1.29, 1.82) is 0 Å². The first-order chi connectivity index (χ1) is 13.1. The molecule has 0 radical (unpaired) electrons. The summed E-state index contributed by atoms with van der Waals surface area (Å²) in [6.07, 6.45) is 2.85. The Morgan fingerprint density at radius 2 is 1.67 bits per heavy atom. The highest BCUT2D eigenvalue weighted by atomic mass is 35.5. The molecule has 0 spiro atoms. The molecule has 5 heteroatoms. The Morgan fingerprint density at radius 3 is 2.30 bits per heavy atom. The number of rotatable bonds is 4. The van der Waals surface area contributed by atoms with Gasteiger partial charge in [-0.1, -0.05) is 23.7 Å². The van der Waals surface area contributed by atoms with E-state index in [-0.39, 0.29) is 11.3 Å². The number of carbonyl (C=O) groups excluding carboxylic acids is 1. The Kier molecular flexibility index (Phi) is 5.00. The van der Waals surface area contributed by atoms with Gasteiger partial charge in [0.05, 0.1) is 12.5 Å². The zero-order valence-electron chi connectivity index (χ0n) is 15.7. The number of nitrogens with zero attached hydrogens (tertiary/aromatic N) is 2. The van der Waals surface area contributed by atoms with Crippen LogP contribution in [0.1, 0.15) is 24.8 Å². The van der Waals surface area contributed by atoms with E-state index >= 15 is 0 Å². The summed E-state index contributed by atoms with van der Waals surface area (Å²) < 4.78 is 5.24. The van der Waals surface area contributed by atoms with Crippen LogP contribution in [0.15, 0.2) is 48.5 Å². The Morgan fingerprint density at radius 1 is 0.963 bits per heavy atom. The van der Waals surface area contributed by atoms with Crippen LogP contribution in [0.5, 0.6) is 5.75 Å². The van der Waals surface area contributed by atoms with Crippen LogP contribution in [-0.2, 0) is 10.2 Å². The van der Waals surface area contributed by atoms with E-state index in [0.29, 0.717) is 5.02 Å². The van der Waals surface area contributed by atoms with Gasteiger partial charge in [-0.05, 0) is 61.2 Å². The summed E-state index contributed by atoms with van der Waals surface area (Å²) in [5.74, 6) is 1.14. The summed E-state index contributed by atoms with van der Waals surface area (Å²) in [6.45, 7) is 3.40. The van der Waals surface area contributed by atoms with E-state index < -0.39 is 0 Å². The number of anilines is 1. The maximum atomic E-state index is 13.3. The largest absolute Gasteiger partial charge is 0.497 e. The molecule has 2 aromatic carbocycles. The van der Waals surface area contributed by atoms with Crippen LogP contribution in [-0.4, -0.2) is 44.1 Å². The minimum Gasteiger partial charge on any atom is -0.497 e. The van der Waals surface area contributed by atoms with Crippen LogP contribution in [0.25, 0.3) is 0 Å². The first kappa shape index (κ1) is 18.2. The third kappa shape index (κ3) is 3.63. The molecule has 0 atom stereocenters. The average molecular weight is 385 g/mol. The van der Waals surface area contributed by atoms with Crippen molar-refractivity contribution in [3.05, 3.63) is 59.1 Å². The van der Waals surface area contributed by atoms with Gasteiger partial charge in [0, 0.05) is 36.9 Å². The molecular formula is C22H25ClN2O2. The second kappa shape index (κ2) is 7.43. The molecule has 27 heavy (non-hydrogen) atoms. The van der Waals surface area contributed by atoms with Crippen LogP contribution in [0.3, 0.4) is 0 Å². The molecule has 4 rings (SSSR count). The van der Waals surface area contributed by atoms with Crippen molar-refractivity contribution in [1.82, 2.24) is 4.90 Å². The van der Waals surface area contributed by atoms with Gasteiger partial charge in [-0.2, -0.15) is 0 Å². The summed E-state index contributed by atoms with van der Waals surface area (Å²) >= 11 is 6.02. The summed E-state index contributed by atoms with van der Waals surface area (Å²) in [6, 6.07) is 15.9. The van der Waals surface area contributed by atoms with Crippen molar-refractivity contribution in [2.24, 2.45) is 0 Å². The van der Waals surface area contributed by atoms with Gasteiger partial charge in [0.15, 0.2) is 0 Å². The van der Waals surface area contributed by atoms with E-state index in [1.165, 1.54) is 5.69 Å². The molecule has 2 fully saturated rings. The van der Waals surface area contributed by atoms with Crippen LogP contribution in [0.4, 0.5) is 5.69 Å². The molecule has 0 N–H and O–H groups in total. The number of benzene rings is 2. The van der Waals surface area contributed by atoms with Gasteiger partial charge in [-0.3, -0.25) is 4.79 Å². The molecule has 142 valence electrons. The molecule has 1 aliphatic carbocycles. The highest BCUT2D eigenvalue weighted by Crippen LogP contribution is 2.49. The van der Waals surface area contributed by atoms with E-state index in [1.54, 1.807) is 7.11 Å². The summed E-state index contributed by atoms with van der Waals surface area (Å²) in [5.41, 5.74) is 1.97. The number of hydrogen-bond donors (Lipinski definition) is 0. The molecular weight excluding hydrogens is 360 g/mol. The van der Waals surface area contributed by atoms with E-state index in [9.17, 15) is 4.79 Å². The number of ether oxygens (including phenoxy) is 1. The Balaban J connectivity index is 1.44. The highest BCUT2D eigenvalue weighted by Gasteiger charge is 2.52. The van der Waals surface area contributed by atoms with Gasteiger partial charge >= 0.3 is 0 Å². The molecule has 0 aromatic heterocycles. The first-order valence-electron chi connectivity index (χ1n) is 9.57. The lowest BCUT2D eigenvalue weighted by Crippen LogP contribution is -2.41. The predicted molar refractivity (Wildman–Crippen MR) is 109 cm³/mol. The fourth-order valence-corrected chi connectivity index (χ4v) is 4.12. The van der Waals surface area contributed by atoms with Crippen molar-refractivity contribution in [2.45, 2.75) is 24.7 Å². The van der Waals surface area contributed by atoms with E-state index in [0.717, 1.165) is 56.8 Å². The van der Waals surface area contributed by atoms with Crippen molar-refractivity contribution in [3.63, 3.8) is 0 Å². The number of halogens is 1. The maximum Gasteiger partial charge on any atom is 0.233 e. The van der Waals surface area contributed by atoms with Gasteiger partial charge in [-0.25, -0.2) is 0 Å². The Bertz CT molecular complexity index is 800. The smallest absolute Gasteiger partial charge is 0.233 e.